The van der Waals surface area contributed by atoms with Crippen LogP contribution in [0.15, 0.2) is 78.4 Å². The standard InChI is InChI=1S/C28H26N2O5/c1-33-26-17-22(16-24(18-29)27(31)30-15-14-20-6-4-3-5-7-20)10-13-25(26)35-19-21-8-11-23(12-9-21)28(32)34-2/h3-13,16-17H,14-15,19H2,1-2H3,(H,30,31)/b24-16+. The molecule has 3 rings (SSSR count). The lowest BCUT2D eigenvalue weighted by Gasteiger charge is -2.12. The van der Waals surface area contributed by atoms with Crippen molar-refractivity contribution in [2.75, 3.05) is 20.8 Å². The third-order valence-corrected chi connectivity index (χ3v) is 5.18. The molecular weight excluding hydrogens is 444 g/mol. The molecule has 0 bridgehead atoms. The van der Waals surface area contributed by atoms with Crippen LogP contribution in [-0.2, 0) is 22.6 Å². The van der Waals surface area contributed by atoms with Gasteiger partial charge < -0.3 is 19.5 Å². The van der Waals surface area contributed by atoms with E-state index < -0.39 is 11.9 Å². The SMILES string of the molecule is COC(=O)c1ccc(COc2ccc(/C=C(\C#N)C(=O)NCCc3ccccc3)cc2OC)cc1. The molecule has 3 aromatic rings. The lowest BCUT2D eigenvalue weighted by molar-refractivity contribution is -0.117. The highest BCUT2D eigenvalue weighted by Gasteiger charge is 2.11. The van der Waals surface area contributed by atoms with Gasteiger partial charge in [0.2, 0.25) is 0 Å². The number of methoxy groups -OCH3 is 2. The average Bonchev–Trinajstić information content (AvgIpc) is 2.91. The Morgan fingerprint density at radius 2 is 1.69 bits per heavy atom. The maximum atomic E-state index is 12.4. The molecule has 0 unspecified atom stereocenters. The van der Waals surface area contributed by atoms with Gasteiger partial charge in [-0.1, -0.05) is 48.5 Å². The molecule has 0 spiro atoms. The molecule has 35 heavy (non-hydrogen) atoms. The summed E-state index contributed by atoms with van der Waals surface area (Å²) in [6, 6.07) is 23.8. The highest BCUT2D eigenvalue weighted by atomic mass is 16.5. The number of nitrogens with one attached hydrogen (secondary N) is 1. The van der Waals surface area contributed by atoms with Gasteiger partial charge in [0.25, 0.3) is 5.91 Å². The molecule has 0 saturated heterocycles. The van der Waals surface area contributed by atoms with Crippen LogP contribution in [0.4, 0.5) is 0 Å². The Bertz CT molecular complexity index is 1230. The van der Waals surface area contributed by atoms with Gasteiger partial charge in [-0.25, -0.2) is 4.79 Å². The second kappa shape index (κ2) is 12.6. The molecule has 0 fully saturated rings. The Hall–Kier alpha value is -4.57. The van der Waals surface area contributed by atoms with Gasteiger partial charge in [0.15, 0.2) is 11.5 Å². The molecule has 7 nitrogen and oxygen atoms in total. The minimum Gasteiger partial charge on any atom is -0.493 e. The Balaban J connectivity index is 1.62. The van der Waals surface area contributed by atoms with Gasteiger partial charge in [0.1, 0.15) is 18.2 Å². The number of hydrogen-bond acceptors (Lipinski definition) is 6. The third-order valence-electron chi connectivity index (χ3n) is 5.18. The first-order valence-corrected chi connectivity index (χ1v) is 11.0. The van der Waals surface area contributed by atoms with Crippen molar-refractivity contribution in [3.05, 3.63) is 101 Å². The summed E-state index contributed by atoms with van der Waals surface area (Å²) in [7, 11) is 2.85. The number of esters is 1. The number of ether oxygens (including phenoxy) is 3. The molecular formula is C28H26N2O5. The van der Waals surface area contributed by atoms with Gasteiger partial charge in [-0.15, -0.1) is 0 Å². The van der Waals surface area contributed by atoms with Crippen LogP contribution in [0.25, 0.3) is 6.08 Å². The van der Waals surface area contributed by atoms with E-state index in [2.05, 4.69) is 5.32 Å². The Labute approximate surface area is 204 Å². The van der Waals surface area contributed by atoms with E-state index in [9.17, 15) is 14.9 Å². The number of benzene rings is 3. The van der Waals surface area contributed by atoms with Crippen LogP contribution >= 0.6 is 0 Å². The Kier molecular flexibility index (Phi) is 9.03. The second-order valence-electron chi connectivity index (χ2n) is 7.55. The minimum absolute atomic E-state index is 0.000483. The molecule has 0 aliphatic rings. The first-order chi connectivity index (χ1) is 17.0. The summed E-state index contributed by atoms with van der Waals surface area (Å²) in [5.74, 6) is 0.141. The van der Waals surface area contributed by atoms with Crippen molar-refractivity contribution >= 4 is 18.0 Å². The van der Waals surface area contributed by atoms with Crippen LogP contribution in [0.1, 0.15) is 27.0 Å². The molecule has 7 heteroatoms. The van der Waals surface area contributed by atoms with Crippen LogP contribution in [0.3, 0.4) is 0 Å². The summed E-state index contributed by atoms with van der Waals surface area (Å²) in [6.45, 7) is 0.693. The molecule has 3 aromatic carbocycles. The van der Waals surface area contributed by atoms with E-state index in [1.807, 2.05) is 36.4 Å². The third kappa shape index (κ3) is 7.21. The Morgan fingerprint density at radius 1 is 0.943 bits per heavy atom. The quantitative estimate of drug-likeness (QED) is 0.269. The monoisotopic (exact) mass is 470 g/mol. The van der Waals surface area contributed by atoms with Crippen molar-refractivity contribution < 1.29 is 23.8 Å². The molecule has 1 N–H and O–H groups in total. The van der Waals surface area contributed by atoms with E-state index in [-0.39, 0.29) is 12.2 Å². The van der Waals surface area contributed by atoms with Gasteiger partial charge >= 0.3 is 5.97 Å². The fourth-order valence-electron chi connectivity index (χ4n) is 3.28. The number of carbonyl (C=O) groups is 2. The van der Waals surface area contributed by atoms with Crippen LogP contribution < -0.4 is 14.8 Å². The number of rotatable bonds is 10. The molecule has 0 heterocycles. The maximum absolute atomic E-state index is 12.4. The smallest absolute Gasteiger partial charge is 0.337 e. The van der Waals surface area contributed by atoms with E-state index in [0.717, 1.165) is 11.1 Å². The van der Waals surface area contributed by atoms with Crippen molar-refractivity contribution in [1.29, 1.82) is 5.26 Å². The molecule has 0 radical (unpaired) electrons. The van der Waals surface area contributed by atoms with E-state index in [0.29, 0.717) is 35.6 Å². The largest absolute Gasteiger partial charge is 0.493 e. The topological polar surface area (TPSA) is 97.7 Å². The number of hydrogen-bond donors (Lipinski definition) is 1. The van der Waals surface area contributed by atoms with Crippen molar-refractivity contribution in [2.45, 2.75) is 13.0 Å². The number of nitrogens with zero attached hydrogens (tertiary/aromatic N) is 1. The molecule has 0 aliphatic carbocycles. The van der Waals surface area contributed by atoms with E-state index in [1.165, 1.54) is 20.3 Å². The van der Waals surface area contributed by atoms with E-state index >= 15 is 0 Å². The summed E-state index contributed by atoms with van der Waals surface area (Å²) in [6.07, 6.45) is 2.19. The second-order valence-corrected chi connectivity index (χ2v) is 7.55. The van der Waals surface area contributed by atoms with Gasteiger partial charge in [0, 0.05) is 6.54 Å². The summed E-state index contributed by atoms with van der Waals surface area (Å²) in [5, 5.41) is 12.3. The fourth-order valence-corrected chi connectivity index (χ4v) is 3.28. The molecule has 1 amide bonds. The van der Waals surface area contributed by atoms with Crippen molar-refractivity contribution in [2.24, 2.45) is 0 Å². The summed E-state index contributed by atoms with van der Waals surface area (Å²) >= 11 is 0. The predicted octanol–water partition coefficient (Wildman–Crippen LogP) is 4.33. The predicted molar refractivity (Wildman–Crippen MR) is 132 cm³/mol. The molecule has 0 aliphatic heterocycles. The average molecular weight is 471 g/mol. The molecule has 178 valence electrons. The van der Waals surface area contributed by atoms with Crippen LogP contribution in [0.2, 0.25) is 0 Å². The number of carbonyl (C=O) groups excluding carboxylic acids is 2. The van der Waals surface area contributed by atoms with Crippen molar-refractivity contribution in [1.82, 2.24) is 5.32 Å². The highest BCUT2D eigenvalue weighted by molar-refractivity contribution is 6.01. The van der Waals surface area contributed by atoms with Crippen LogP contribution in [0, 0.1) is 11.3 Å². The Morgan fingerprint density at radius 3 is 2.34 bits per heavy atom. The molecule has 0 saturated carbocycles. The zero-order valence-corrected chi connectivity index (χ0v) is 19.6. The highest BCUT2D eigenvalue weighted by Crippen LogP contribution is 2.29. The van der Waals surface area contributed by atoms with Crippen molar-refractivity contribution in [3.63, 3.8) is 0 Å². The first-order valence-electron chi connectivity index (χ1n) is 11.0. The van der Waals surface area contributed by atoms with E-state index in [4.69, 9.17) is 14.2 Å². The zero-order valence-electron chi connectivity index (χ0n) is 19.6. The van der Waals surface area contributed by atoms with Gasteiger partial charge in [-0.2, -0.15) is 5.26 Å². The van der Waals surface area contributed by atoms with Crippen molar-refractivity contribution in [3.8, 4) is 17.6 Å². The van der Waals surface area contributed by atoms with Gasteiger partial charge in [-0.05, 0) is 53.5 Å². The summed E-state index contributed by atoms with van der Waals surface area (Å²) < 4.78 is 16.0. The van der Waals surface area contributed by atoms with Crippen LogP contribution in [-0.4, -0.2) is 32.6 Å². The number of nitriles is 1. The molecule has 0 aromatic heterocycles. The lowest BCUT2D eigenvalue weighted by Crippen LogP contribution is -2.26. The van der Waals surface area contributed by atoms with Gasteiger partial charge in [0.05, 0.1) is 19.8 Å². The summed E-state index contributed by atoms with van der Waals surface area (Å²) in [4.78, 5) is 24.0. The van der Waals surface area contributed by atoms with Crippen LogP contribution in [0.5, 0.6) is 11.5 Å². The van der Waals surface area contributed by atoms with Gasteiger partial charge in [-0.3, -0.25) is 4.79 Å². The molecule has 0 atom stereocenters. The zero-order chi connectivity index (χ0) is 25.0. The number of amides is 1. The maximum Gasteiger partial charge on any atom is 0.337 e. The van der Waals surface area contributed by atoms with E-state index in [1.54, 1.807) is 42.5 Å². The summed E-state index contributed by atoms with van der Waals surface area (Å²) in [5.41, 5.74) is 3.06. The lowest BCUT2D eigenvalue weighted by atomic mass is 10.1. The first kappa shape index (κ1) is 25.1. The fraction of sp³-hybridized carbons (Fsp3) is 0.179. The normalized spacial score (nSPS) is 10.7. The minimum atomic E-state index is -0.432.